The highest BCUT2D eigenvalue weighted by molar-refractivity contribution is 6.29. The van der Waals surface area contributed by atoms with Gasteiger partial charge in [-0.15, -0.1) is 11.6 Å². The molecule has 0 saturated heterocycles. The summed E-state index contributed by atoms with van der Waals surface area (Å²) in [6.45, 7) is 0. The minimum Gasteiger partial charge on any atom is -0.442 e. The van der Waals surface area contributed by atoms with Crippen molar-refractivity contribution in [2.45, 2.75) is 0 Å². The summed E-state index contributed by atoms with van der Waals surface area (Å²) in [5.41, 5.74) is 0. The highest BCUT2D eigenvalue weighted by Crippen LogP contribution is 2.18. The summed E-state index contributed by atoms with van der Waals surface area (Å²) in [4.78, 5) is 23.9. The summed E-state index contributed by atoms with van der Waals surface area (Å²) in [6.07, 6.45) is 6.23. The lowest BCUT2D eigenvalue weighted by Gasteiger charge is -2.07. The van der Waals surface area contributed by atoms with Gasteiger partial charge in [-0.25, -0.2) is 19.6 Å². The van der Waals surface area contributed by atoms with Crippen LogP contribution in [0.15, 0.2) is 41.4 Å². The van der Waals surface area contributed by atoms with Crippen molar-refractivity contribution in [3.8, 4) is 17.5 Å². The fourth-order valence-electron chi connectivity index (χ4n) is 1.63. The molecule has 1 N–H and O–H groups in total. The van der Waals surface area contributed by atoms with E-state index in [1.54, 1.807) is 24.5 Å². The number of carbonyl (C=O) groups excluding carboxylic acids is 1. The minimum absolute atomic E-state index is 0.171. The number of nitrogens with zero attached hydrogens (tertiary/aromatic N) is 5. The molecule has 0 fully saturated rings. The molecule has 0 radical (unpaired) electrons. The van der Waals surface area contributed by atoms with Gasteiger partial charge >= 0.3 is 0 Å². The Labute approximate surface area is 123 Å². The van der Waals surface area contributed by atoms with Crippen molar-refractivity contribution in [1.29, 1.82) is 0 Å². The molecule has 0 aliphatic rings. The Kier molecular flexibility index (Phi) is 3.61. The molecule has 0 bridgehead atoms. The number of hydrogen-bond donors (Lipinski definition) is 1. The van der Waals surface area contributed by atoms with Crippen LogP contribution in [-0.4, -0.2) is 36.5 Å². The topological polar surface area (TPSA) is 98.7 Å². The van der Waals surface area contributed by atoms with Crippen LogP contribution in [0.1, 0.15) is 0 Å². The molecule has 9 heteroatoms. The molecule has 1 amide bonds. The van der Waals surface area contributed by atoms with Gasteiger partial charge < -0.3 is 9.73 Å². The Morgan fingerprint density at radius 2 is 2.29 bits per heavy atom. The molecule has 3 rings (SSSR count). The third-order valence-corrected chi connectivity index (χ3v) is 2.71. The highest BCUT2D eigenvalue weighted by Gasteiger charge is 2.13. The second-order valence-electron chi connectivity index (χ2n) is 3.90. The van der Waals surface area contributed by atoms with Crippen LogP contribution >= 0.6 is 11.6 Å². The fourth-order valence-corrected chi connectivity index (χ4v) is 1.69. The number of carbonyl (C=O) groups is 1. The largest absolute Gasteiger partial charge is 0.442 e. The van der Waals surface area contributed by atoms with Gasteiger partial charge in [0, 0.05) is 18.5 Å². The zero-order chi connectivity index (χ0) is 14.7. The zero-order valence-corrected chi connectivity index (χ0v) is 11.4. The Morgan fingerprint density at radius 3 is 2.95 bits per heavy atom. The molecule has 3 heterocycles. The molecule has 3 aromatic heterocycles. The van der Waals surface area contributed by atoms with Gasteiger partial charge in [0.1, 0.15) is 18.0 Å². The van der Waals surface area contributed by atoms with Gasteiger partial charge in [0.05, 0.1) is 6.20 Å². The number of oxazole rings is 1. The molecular formula is C12H9ClN6O2. The first-order valence-electron chi connectivity index (χ1n) is 5.91. The van der Waals surface area contributed by atoms with Crippen LogP contribution in [0.4, 0.5) is 5.82 Å². The van der Waals surface area contributed by atoms with Crippen molar-refractivity contribution in [2.24, 2.45) is 0 Å². The summed E-state index contributed by atoms with van der Waals surface area (Å²) in [7, 11) is 0. The Morgan fingerprint density at radius 1 is 1.38 bits per heavy atom. The van der Waals surface area contributed by atoms with Gasteiger partial charge in [0.25, 0.3) is 5.89 Å². The number of amides is 1. The lowest BCUT2D eigenvalue weighted by molar-refractivity contribution is -0.113. The molecule has 0 aromatic carbocycles. The van der Waals surface area contributed by atoms with E-state index in [1.165, 1.54) is 17.1 Å². The van der Waals surface area contributed by atoms with Crippen LogP contribution in [0.3, 0.4) is 0 Å². The molecule has 0 aliphatic carbocycles. The number of hydrogen-bond acceptors (Lipinski definition) is 6. The highest BCUT2D eigenvalue weighted by atomic mass is 35.5. The second kappa shape index (κ2) is 5.71. The van der Waals surface area contributed by atoms with E-state index in [9.17, 15) is 4.79 Å². The summed E-state index contributed by atoms with van der Waals surface area (Å²) < 4.78 is 6.71. The number of halogens is 1. The van der Waals surface area contributed by atoms with E-state index in [4.69, 9.17) is 16.0 Å². The molecule has 8 nitrogen and oxygen atoms in total. The van der Waals surface area contributed by atoms with Crippen LogP contribution in [0, 0.1) is 0 Å². The lowest BCUT2D eigenvalue weighted by Crippen LogP contribution is -2.15. The average Bonchev–Trinajstić information content (AvgIpc) is 3.20. The summed E-state index contributed by atoms with van der Waals surface area (Å²) in [6, 6.07) is 3.33. The summed E-state index contributed by atoms with van der Waals surface area (Å²) >= 11 is 5.48. The van der Waals surface area contributed by atoms with E-state index in [1.807, 2.05) is 0 Å². The minimum atomic E-state index is -0.375. The molecule has 106 valence electrons. The van der Waals surface area contributed by atoms with Crippen molar-refractivity contribution in [3.05, 3.63) is 37.0 Å². The Hall–Kier alpha value is -2.74. The number of anilines is 1. The van der Waals surface area contributed by atoms with E-state index in [0.717, 1.165) is 0 Å². The van der Waals surface area contributed by atoms with Gasteiger partial charge in [-0.2, -0.15) is 5.10 Å². The normalized spacial score (nSPS) is 10.5. The van der Waals surface area contributed by atoms with Crippen LogP contribution in [0.2, 0.25) is 0 Å². The smallest absolute Gasteiger partial charge is 0.264 e. The lowest BCUT2D eigenvalue weighted by atomic mass is 10.4. The number of aromatic nitrogens is 5. The van der Waals surface area contributed by atoms with E-state index >= 15 is 0 Å². The number of alkyl halides is 1. The van der Waals surface area contributed by atoms with Gasteiger partial charge in [-0.1, -0.05) is 0 Å². The first kappa shape index (κ1) is 13.3. The maximum absolute atomic E-state index is 11.4. The predicted octanol–water partition coefficient (Wildman–Crippen LogP) is 1.49. The van der Waals surface area contributed by atoms with Crippen LogP contribution < -0.4 is 5.32 Å². The van der Waals surface area contributed by atoms with Crippen molar-refractivity contribution in [2.75, 3.05) is 11.2 Å². The molecule has 0 saturated carbocycles. The first-order chi connectivity index (χ1) is 10.3. The SMILES string of the molecule is O=C(CCl)Nc1cc(-n2cccn2)nc(-c2ncco2)n1. The molecule has 0 aliphatic heterocycles. The van der Waals surface area contributed by atoms with Crippen LogP contribution in [0.5, 0.6) is 0 Å². The van der Waals surface area contributed by atoms with E-state index in [0.29, 0.717) is 5.82 Å². The zero-order valence-electron chi connectivity index (χ0n) is 10.6. The second-order valence-corrected chi connectivity index (χ2v) is 4.17. The number of nitrogens with one attached hydrogen (secondary N) is 1. The van der Waals surface area contributed by atoms with Crippen LogP contribution in [-0.2, 0) is 4.79 Å². The quantitative estimate of drug-likeness (QED) is 0.733. The maximum Gasteiger partial charge on any atom is 0.264 e. The van der Waals surface area contributed by atoms with Crippen molar-refractivity contribution in [1.82, 2.24) is 24.7 Å². The van der Waals surface area contributed by atoms with Crippen molar-refractivity contribution >= 4 is 23.3 Å². The monoisotopic (exact) mass is 304 g/mol. The van der Waals surface area contributed by atoms with Gasteiger partial charge in [0.2, 0.25) is 11.7 Å². The molecule has 0 spiro atoms. The van der Waals surface area contributed by atoms with Gasteiger partial charge in [-0.05, 0) is 6.07 Å². The standard InChI is InChI=1S/C12H9ClN6O2/c13-7-10(20)16-8-6-9(19-4-1-2-15-19)18-11(17-8)12-14-3-5-21-12/h1-6H,7H2,(H,16,17,18,20). The van der Waals surface area contributed by atoms with E-state index in [-0.39, 0.29) is 29.3 Å². The molecule has 0 atom stereocenters. The Bertz CT molecular complexity index is 689. The first-order valence-corrected chi connectivity index (χ1v) is 6.44. The Balaban J connectivity index is 2.06. The third-order valence-electron chi connectivity index (χ3n) is 2.46. The maximum atomic E-state index is 11.4. The fraction of sp³-hybridized carbons (Fsp3) is 0.0833. The molecular weight excluding hydrogens is 296 g/mol. The average molecular weight is 305 g/mol. The van der Waals surface area contributed by atoms with Crippen molar-refractivity contribution in [3.63, 3.8) is 0 Å². The molecule has 21 heavy (non-hydrogen) atoms. The van der Waals surface area contributed by atoms with Crippen LogP contribution in [0.25, 0.3) is 17.5 Å². The van der Waals surface area contributed by atoms with E-state index in [2.05, 4.69) is 25.4 Å². The molecule has 0 unspecified atom stereocenters. The summed E-state index contributed by atoms with van der Waals surface area (Å²) in [5.74, 6) is 0.681. The van der Waals surface area contributed by atoms with Gasteiger partial charge in [-0.3, -0.25) is 4.79 Å². The summed E-state index contributed by atoms with van der Waals surface area (Å²) in [5, 5.41) is 6.65. The van der Waals surface area contributed by atoms with E-state index < -0.39 is 0 Å². The van der Waals surface area contributed by atoms with Crippen molar-refractivity contribution < 1.29 is 9.21 Å². The predicted molar refractivity (Wildman–Crippen MR) is 74.0 cm³/mol. The van der Waals surface area contributed by atoms with Gasteiger partial charge in [0.15, 0.2) is 5.82 Å². The number of rotatable bonds is 4. The molecule has 3 aromatic rings. The third kappa shape index (κ3) is 2.90.